The number of rotatable bonds is 6. The van der Waals surface area contributed by atoms with E-state index in [0.29, 0.717) is 25.9 Å². The number of benzene rings is 1. The highest BCUT2D eigenvalue weighted by molar-refractivity contribution is 5.78. The van der Waals surface area contributed by atoms with Gasteiger partial charge in [-0.2, -0.15) is 5.10 Å². The van der Waals surface area contributed by atoms with Crippen molar-refractivity contribution in [3.63, 3.8) is 0 Å². The third kappa shape index (κ3) is 4.82. The van der Waals surface area contributed by atoms with Crippen molar-refractivity contribution in [3.05, 3.63) is 53.9 Å². The number of aromatic nitrogens is 2. The Morgan fingerprint density at radius 2 is 2.00 bits per heavy atom. The summed E-state index contributed by atoms with van der Waals surface area (Å²) in [4.78, 5) is 25.6. The molecule has 0 spiro atoms. The zero-order chi connectivity index (χ0) is 17.6. The van der Waals surface area contributed by atoms with Crippen molar-refractivity contribution in [1.82, 2.24) is 20.0 Å². The number of ether oxygens (including phenoxy) is 1. The minimum Gasteiger partial charge on any atom is -0.445 e. The van der Waals surface area contributed by atoms with Crippen LogP contribution in [0.4, 0.5) is 4.79 Å². The molecule has 0 unspecified atom stereocenters. The summed E-state index contributed by atoms with van der Waals surface area (Å²) in [6, 6.07) is 9.48. The highest BCUT2D eigenvalue weighted by atomic mass is 16.5. The predicted octanol–water partition coefficient (Wildman–Crippen LogP) is 1.49. The lowest BCUT2D eigenvalue weighted by Gasteiger charge is -2.39. The van der Waals surface area contributed by atoms with Crippen LogP contribution >= 0.6 is 0 Å². The van der Waals surface area contributed by atoms with E-state index < -0.39 is 6.09 Å². The van der Waals surface area contributed by atoms with Gasteiger partial charge in [0.1, 0.15) is 6.61 Å². The first-order chi connectivity index (χ1) is 12.1. The number of carbonyl (C=O) groups is 2. The van der Waals surface area contributed by atoms with Gasteiger partial charge in [-0.25, -0.2) is 4.79 Å². The summed E-state index contributed by atoms with van der Waals surface area (Å²) in [5, 5.41) is 6.87. The summed E-state index contributed by atoms with van der Waals surface area (Å²) in [6.45, 7) is 1.31. The van der Waals surface area contributed by atoms with Gasteiger partial charge in [-0.05, 0) is 17.5 Å². The summed E-state index contributed by atoms with van der Waals surface area (Å²) in [5.41, 5.74) is 1.99. The number of aryl methyl sites for hydroxylation is 2. The maximum atomic E-state index is 12.1. The normalized spacial score (nSPS) is 14.0. The molecule has 0 bridgehead atoms. The molecule has 1 aliphatic rings. The number of amides is 2. The Hall–Kier alpha value is -2.83. The standard InChI is InChI=1S/C18H22N4O3/c1-21-10-15(9-19-21)7-8-17(23)22-11-16(12-22)20-18(24)25-13-14-5-3-2-4-6-14/h2-6,9-10,16H,7-8,11-13H2,1H3,(H,20,24). The second-order valence-electron chi connectivity index (χ2n) is 6.22. The van der Waals surface area contributed by atoms with Gasteiger partial charge in [-0.1, -0.05) is 30.3 Å². The summed E-state index contributed by atoms with van der Waals surface area (Å²) in [5.74, 6) is 0.0968. The van der Waals surface area contributed by atoms with Crippen LogP contribution in [0.15, 0.2) is 42.7 Å². The van der Waals surface area contributed by atoms with Crippen LogP contribution in [0.2, 0.25) is 0 Å². The molecule has 25 heavy (non-hydrogen) atoms. The number of nitrogens with one attached hydrogen (secondary N) is 1. The lowest BCUT2D eigenvalue weighted by molar-refractivity contribution is -0.135. The molecule has 0 aliphatic carbocycles. The molecule has 7 nitrogen and oxygen atoms in total. The molecule has 1 aliphatic heterocycles. The summed E-state index contributed by atoms with van der Waals surface area (Å²) in [7, 11) is 1.86. The first-order valence-corrected chi connectivity index (χ1v) is 8.32. The van der Waals surface area contributed by atoms with Crippen molar-refractivity contribution >= 4 is 12.0 Å². The van der Waals surface area contributed by atoms with Crippen molar-refractivity contribution in [1.29, 1.82) is 0 Å². The molecule has 2 aromatic rings. The fourth-order valence-electron chi connectivity index (χ4n) is 2.72. The van der Waals surface area contributed by atoms with Gasteiger partial charge >= 0.3 is 6.09 Å². The Bertz CT molecular complexity index is 723. The lowest BCUT2D eigenvalue weighted by atomic mass is 10.1. The van der Waals surface area contributed by atoms with E-state index in [2.05, 4.69) is 10.4 Å². The topological polar surface area (TPSA) is 76.5 Å². The quantitative estimate of drug-likeness (QED) is 0.863. The Morgan fingerprint density at radius 3 is 2.68 bits per heavy atom. The number of likely N-dealkylation sites (tertiary alicyclic amines) is 1. The van der Waals surface area contributed by atoms with Crippen LogP contribution in [-0.2, 0) is 29.6 Å². The second kappa shape index (κ2) is 7.83. The van der Waals surface area contributed by atoms with Crippen LogP contribution in [-0.4, -0.2) is 45.8 Å². The number of hydrogen-bond donors (Lipinski definition) is 1. The molecule has 1 saturated heterocycles. The van der Waals surface area contributed by atoms with Crippen LogP contribution in [0.25, 0.3) is 0 Å². The SMILES string of the molecule is Cn1cc(CCC(=O)N2CC(NC(=O)OCc3ccccc3)C2)cn1. The molecule has 132 valence electrons. The Balaban J connectivity index is 1.32. The van der Waals surface area contributed by atoms with Crippen LogP contribution in [0.1, 0.15) is 17.5 Å². The molecule has 2 heterocycles. The highest BCUT2D eigenvalue weighted by Crippen LogP contribution is 2.12. The average molecular weight is 342 g/mol. The van der Waals surface area contributed by atoms with E-state index in [9.17, 15) is 9.59 Å². The van der Waals surface area contributed by atoms with Crippen molar-refractivity contribution in [2.75, 3.05) is 13.1 Å². The summed E-state index contributed by atoms with van der Waals surface area (Å²) < 4.78 is 6.90. The van der Waals surface area contributed by atoms with Gasteiger partial charge in [0.2, 0.25) is 5.91 Å². The van der Waals surface area contributed by atoms with Gasteiger partial charge in [0.25, 0.3) is 0 Å². The lowest BCUT2D eigenvalue weighted by Crippen LogP contribution is -2.61. The van der Waals surface area contributed by atoms with Crippen molar-refractivity contribution in [2.45, 2.75) is 25.5 Å². The average Bonchev–Trinajstić information content (AvgIpc) is 3.00. The van der Waals surface area contributed by atoms with E-state index in [4.69, 9.17) is 4.74 Å². The van der Waals surface area contributed by atoms with Crippen molar-refractivity contribution in [2.24, 2.45) is 7.05 Å². The number of carbonyl (C=O) groups excluding carboxylic acids is 2. The largest absolute Gasteiger partial charge is 0.445 e. The highest BCUT2D eigenvalue weighted by Gasteiger charge is 2.31. The van der Waals surface area contributed by atoms with Gasteiger partial charge in [0.05, 0.1) is 12.2 Å². The Morgan fingerprint density at radius 1 is 1.24 bits per heavy atom. The molecule has 0 saturated carbocycles. The molecule has 1 N–H and O–H groups in total. The zero-order valence-electron chi connectivity index (χ0n) is 14.2. The molecule has 1 aromatic carbocycles. The first-order valence-electron chi connectivity index (χ1n) is 8.32. The van der Waals surface area contributed by atoms with Crippen LogP contribution in [0.3, 0.4) is 0 Å². The van der Waals surface area contributed by atoms with Gasteiger partial charge in [-0.15, -0.1) is 0 Å². The molecule has 0 radical (unpaired) electrons. The van der Waals surface area contributed by atoms with Gasteiger partial charge < -0.3 is 15.0 Å². The van der Waals surface area contributed by atoms with Crippen LogP contribution in [0, 0.1) is 0 Å². The molecule has 0 atom stereocenters. The van der Waals surface area contributed by atoms with E-state index in [1.54, 1.807) is 15.8 Å². The molecular formula is C18H22N4O3. The maximum Gasteiger partial charge on any atom is 0.407 e. The summed E-state index contributed by atoms with van der Waals surface area (Å²) >= 11 is 0. The molecule has 2 amide bonds. The molecule has 3 rings (SSSR count). The molecular weight excluding hydrogens is 320 g/mol. The van der Waals surface area contributed by atoms with E-state index in [0.717, 1.165) is 11.1 Å². The van der Waals surface area contributed by atoms with Crippen LogP contribution < -0.4 is 5.32 Å². The van der Waals surface area contributed by atoms with Crippen molar-refractivity contribution in [3.8, 4) is 0 Å². The Kier molecular flexibility index (Phi) is 5.33. The fraction of sp³-hybridized carbons (Fsp3) is 0.389. The zero-order valence-corrected chi connectivity index (χ0v) is 14.2. The Labute approximate surface area is 146 Å². The van der Waals surface area contributed by atoms with Gasteiger partial charge in [-0.3, -0.25) is 9.48 Å². The third-order valence-corrected chi connectivity index (χ3v) is 4.15. The van der Waals surface area contributed by atoms with E-state index in [1.807, 2.05) is 43.6 Å². The smallest absolute Gasteiger partial charge is 0.407 e. The third-order valence-electron chi connectivity index (χ3n) is 4.15. The minimum absolute atomic E-state index is 0.0365. The van der Waals surface area contributed by atoms with E-state index in [-0.39, 0.29) is 18.6 Å². The summed E-state index contributed by atoms with van der Waals surface area (Å²) in [6.07, 6.45) is 4.38. The van der Waals surface area contributed by atoms with Gasteiger partial charge in [0.15, 0.2) is 0 Å². The second-order valence-corrected chi connectivity index (χ2v) is 6.22. The minimum atomic E-state index is -0.448. The number of nitrogens with zero attached hydrogens (tertiary/aromatic N) is 3. The monoisotopic (exact) mass is 342 g/mol. The number of alkyl carbamates (subject to hydrolysis) is 1. The fourth-order valence-corrected chi connectivity index (χ4v) is 2.72. The van der Waals surface area contributed by atoms with E-state index in [1.165, 1.54) is 0 Å². The molecule has 1 fully saturated rings. The first kappa shape index (κ1) is 17.0. The van der Waals surface area contributed by atoms with Crippen LogP contribution in [0.5, 0.6) is 0 Å². The molecule has 1 aromatic heterocycles. The predicted molar refractivity (Wildman–Crippen MR) is 91.7 cm³/mol. The molecule has 7 heteroatoms. The maximum absolute atomic E-state index is 12.1. The van der Waals surface area contributed by atoms with Gasteiger partial charge in [0, 0.05) is 32.8 Å². The van der Waals surface area contributed by atoms with E-state index >= 15 is 0 Å². The van der Waals surface area contributed by atoms with Crippen molar-refractivity contribution < 1.29 is 14.3 Å². The number of hydrogen-bond acceptors (Lipinski definition) is 4.